The minimum Gasteiger partial charge on any atom is -1.00 e. The van der Waals surface area contributed by atoms with Crippen molar-refractivity contribution in [2.75, 3.05) is 160 Å². The first-order valence-corrected chi connectivity index (χ1v) is 25.6. The number of hydrogen-bond acceptors (Lipinski definition) is 8. The van der Waals surface area contributed by atoms with Crippen molar-refractivity contribution in [1.82, 2.24) is 39.6 Å². The van der Waals surface area contributed by atoms with Crippen LogP contribution in [0.3, 0.4) is 0 Å². The maximum absolute atomic E-state index is 3.44. The average Bonchev–Trinajstić information content (AvgIpc) is 4.11. The van der Waals surface area contributed by atoms with Gasteiger partial charge in [-0.3, -0.25) is 0 Å². The topological polar surface area (TPSA) is 34.7 Å². The smallest absolute Gasteiger partial charge is 1.00 e. The van der Waals surface area contributed by atoms with Crippen molar-refractivity contribution in [3.05, 3.63) is 0 Å². The van der Waals surface area contributed by atoms with Gasteiger partial charge in [0.25, 0.3) is 0 Å². The average molecular weight is 1050 g/mol. The number of nitrogens with zero attached hydrogens (tertiary/aromatic N) is 7. The summed E-state index contributed by atoms with van der Waals surface area (Å²) >= 11 is 3.44. The van der Waals surface area contributed by atoms with Gasteiger partial charge in [0.1, 0.15) is 0 Å². The largest absolute Gasteiger partial charge is 1.00 e. The molecule has 0 aromatic heterocycles. The maximum Gasteiger partial charge on any atom is 1.00 e. The van der Waals surface area contributed by atoms with Crippen LogP contribution in [0.1, 0.15) is 132 Å². The molecule has 0 bridgehead atoms. The van der Waals surface area contributed by atoms with E-state index in [1.54, 1.807) is 0 Å². The van der Waals surface area contributed by atoms with Crippen molar-refractivity contribution in [3.8, 4) is 0 Å². The van der Waals surface area contributed by atoms with Crippen molar-refractivity contribution in [1.29, 1.82) is 0 Å². The molecule has 354 valence electrons. The Morgan fingerprint density at radius 2 is 0.683 bits per heavy atom. The number of halogens is 2. The SMILES string of the molecule is CCCCCN(C)CCCCBr.CCCCCN(C)CCCCN(C)CC1CC1CN(C)CCCCN(C)CC.CCN(C)CCCCN(C)CC1CC1CNC.[H-].[I-].[Na+].[Na+]. The van der Waals surface area contributed by atoms with Gasteiger partial charge in [0.2, 0.25) is 0 Å². The van der Waals surface area contributed by atoms with E-state index in [9.17, 15) is 0 Å². The Labute approximate surface area is 449 Å². The molecule has 2 fully saturated rings. The number of unbranched alkanes of at least 4 members (excludes halogenated alkanes) is 8. The molecule has 2 aliphatic carbocycles. The Bertz CT molecular complexity index is 856. The molecule has 8 nitrogen and oxygen atoms in total. The van der Waals surface area contributed by atoms with E-state index in [2.05, 4.69) is 140 Å². The fraction of sp³-hybridized carbons (Fsp3) is 1.00. The number of rotatable bonds is 37. The van der Waals surface area contributed by atoms with E-state index in [1.165, 1.54) is 201 Å². The molecule has 0 aliphatic heterocycles. The first-order valence-electron chi connectivity index (χ1n) is 24.4. The third-order valence-corrected chi connectivity index (χ3v) is 13.1. The number of nitrogens with one attached hydrogen (secondary N) is 1. The molecule has 2 saturated carbocycles. The molecule has 4 unspecified atom stereocenters. The molecule has 0 spiro atoms. The fourth-order valence-corrected chi connectivity index (χ4v) is 8.24. The Hall–Kier alpha value is 2.89. The van der Waals surface area contributed by atoms with E-state index >= 15 is 0 Å². The third kappa shape index (κ3) is 44.7. The third-order valence-electron chi connectivity index (χ3n) is 12.5. The molecule has 2 aliphatic rings. The molecule has 0 radical (unpaired) electrons. The molecule has 12 heteroatoms. The second-order valence-electron chi connectivity index (χ2n) is 18.7. The van der Waals surface area contributed by atoms with Gasteiger partial charge < -0.3 is 65.0 Å². The zero-order valence-corrected chi connectivity index (χ0v) is 51.1. The van der Waals surface area contributed by atoms with Gasteiger partial charge in [0.15, 0.2) is 0 Å². The van der Waals surface area contributed by atoms with Gasteiger partial charge in [-0.2, -0.15) is 0 Å². The quantitative estimate of drug-likeness (QED) is 0.0406. The molecule has 0 saturated heterocycles. The van der Waals surface area contributed by atoms with Crippen molar-refractivity contribution < 1.29 is 84.5 Å². The van der Waals surface area contributed by atoms with Gasteiger partial charge in [-0.05, 0) is 236 Å². The number of alkyl halides is 1. The van der Waals surface area contributed by atoms with Crippen LogP contribution >= 0.6 is 15.9 Å². The van der Waals surface area contributed by atoms with E-state index in [0.717, 1.165) is 29.0 Å². The minimum absolute atomic E-state index is 0. The van der Waals surface area contributed by atoms with Gasteiger partial charge in [-0.25, -0.2) is 0 Å². The second kappa shape index (κ2) is 48.4. The summed E-state index contributed by atoms with van der Waals surface area (Å²) in [7, 11) is 17.9. The molecule has 0 aromatic rings. The second-order valence-corrected chi connectivity index (χ2v) is 19.5. The van der Waals surface area contributed by atoms with Crippen LogP contribution in [-0.4, -0.2) is 194 Å². The van der Waals surface area contributed by atoms with Gasteiger partial charge in [-0.15, -0.1) is 0 Å². The van der Waals surface area contributed by atoms with E-state index < -0.39 is 0 Å². The zero-order chi connectivity index (χ0) is 42.7. The van der Waals surface area contributed by atoms with E-state index in [0.29, 0.717) is 0 Å². The predicted octanol–water partition coefficient (Wildman–Crippen LogP) is 0.0338. The summed E-state index contributed by atoms with van der Waals surface area (Å²) < 4.78 is 0. The van der Waals surface area contributed by atoms with Crippen molar-refractivity contribution >= 4 is 15.9 Å². The molecule has 4 atom stereocenters. The van der Waals surface area contributed by atoms with Crippen LogP contribution in [0, 0.1) is 23.7 Å². The molecule has 0 amide bonds. The normalized spacial score (nSPS) is 18.0. The van der Waals surface area contributed by atoms with Crippen LogP contribution in [-0.2, 0) is 0 Å². The summed E-state index contributed by atoms with van der Waals surface area (Å²) in [5.41, 5.74) is 0. The van der Waals surface area contributed by atoms with Crippen LogP contribution < -0.4 is 88.4 Å². The fourth-order valence-electron chi connectivity index (χ4n) is 7.85. The molecule has 1 N–H and O–H groups in total. The predicted molar refractivity (Wildman–Crippen MR) is 262 cm³/mol. The molecule has 60 heavy (non-hydrogen) atoms. The molecule has 0 aromatic carbocycles. The van der Waals surface area contributed by atoms with Crippen LogP contribution in [0.25, 0.3) is 0 Å². The summed E-state index contributed by atoms with van der Waals surface area (Å²) in [6.07, 6.45) is 21.7. The van der Waals surface area contributed by atoms with Crippen LogP contribution in [0.2, 0.25) is 0 Å². The van der Waals surface area contributed by atoms with Crippen molar-refractivity contribution in [2.24, 2.45) is 23.7 Å². The van der Waals surface area contributed by atoms with Gasteiger partial charge >= 0.3 is 59.1 Å². The van der Waals surface area contributed by atoms with E-state index in [-0.39, 0.29) is 84.5 Å². The Balaban J connectivity index is -0.000000272. The van der Waals surface area contributed by atoms with Crippen molar-refractivity contribution in [3.63, 3.8) is 0 Å². The molecule has 2 rings (SSSR count). The summed E-state index contributed by atoms with van der Waals surface area (Å²) in [5.74, 6) is 3.82. The summed E-state index contributed by atoms with van der Waals surface area (Å²) in [6, 6.07) is 0. The van der Waals surface area contributed by atoms with Gasteiger partial charge in [0, 0.05) is 25.0 Å². The van der Waals surface area contributed by atoms with Crippen molar-refractivity contribution in [2.45, 2.75) is 130 Å². The molecular formula is C48H106BrIN8Na2. The number of hydrogen-bond donors (Lipinski definition) is 1. The van der Waals surface area contributed by atoms with E-state index in [1.807, 2.05) is 0 Å². The first-order chi connectivity index (χ1) is 27.4. The van der Waals surface area contributed by atoms with Gasteiger partial charge in [0.05, 0.1) is 0 Å². The standard InChI is InChI=1S/C24H52N4.C14H31N3.C10H22BrN.HI.2Na.H/c1-7-9-10-16-26(4)17-12-14-19-28(6)22-24-20-23(24)21-27(5)18-13-11-15-25(3)8-2;1-5-16(3)8-6-7-9-17(4)12-14-10-13(14)11-15-2;1-3-4-6-9-12(2)10-7-5-8-11;;;;/h23-24H,7-22H2,1-6H3;13-15H,5-12H2,1-4H3;3-10H2,1-2H3;1H;;;/q;;;;2*+1;-1/p-1. The van der Waals surface area contributed by atoms with Gasteiger partial charge in [-0.1, -0.05) is 69.3 Å². The maximum atomic E-state index is 3.44. The van der Waals surface area contributed by atoms with Crippen LogP contribution in [0.15, 0.2) is 0 Å². The monoisotopic (exact) mass is 1050 g/mol. The Morgan fingerprint density at radius 3 is 0.983 bits per heavy atom. The Kier molecular flexibility index (Phi) is 56.0. The summed E-state index contributed by atoms with van der Waals surface area (Å²) in [6.45, 7) is 27.8. The molecular weight excluding hydrogens is 941 g/mol. The first kappa shape index (κ1) is 69.5. The van der Waals surface area contributed by atoms with Crippen LogP contribution in [0.4, 0.5) is 0 Å². The minimum atomic E-state index is 0. The Morgan fingerprint density at radius 1 is 0.417 bits per heavy atom. The zero-order valence-electron chi connectivity index (χ0n) is 44.3. The summed E-state index contributed by atoms with van der Waals surface area (Å²) in [4.78, 5) is 17.4. The van der Waals surface area contributed by atoms with E-state index in [4.69, 9.17) is 0 Å². The molecule has 0 heterocycles. The van der Waals surface area contributed by atoms with Crippen LogP contribution in [0.5, 0.6) is 0 Å². The summed E-state index contributed by atoms with van der Waals surface area (Å²) in [5, 5.41) is 4.43.